The maximum Gasteiger partial charge on any atom is 0.325 e. The predicted octanol–water partition coefficient (Wildman–Crippen LogP) is 1.35. The summed E-state index contributed by atoms with van der Waals surface area (Å²) >= 11 is 0. The minimum absolute atomic E-state index is 0.0244. The average Bonchev–Trinajstić information content (AvgIpc) is 2.97. The van der Waals surface area contributed by atoms with Crippen molar-refractivity contribution >= 4 is 33.6 Å². The molecule has 10 heteroatoms. The first-order chi connectivity index (χ1) is 14.6. The Balaban J connectivity index is 1.69. The van der Waals surface area contributed by atoms with Gasteiger partial charge in [0.2, 0.25) is 15.9 Å². The van der Waals surface area contributed by atoms with Crippen LogP contribution in [0.3, 0.4) is 0 Å². The molecule has 3 rings (SSSR count). The van der Waals surface area contributed by atoms with Gasteiger partial charge in [0.25, 0.3) is 5.91 Å². The van der Waals surface area contributed by atoms with E-state index < -0.39 is 40.5 Å². The number of rotatable bonds is 7. The van der Waals surface area contributed by atoms with Crippen LogP contribution in [0.5, 0.6) is 0 Å². The van der Waals surface area contributed by atoms with Crippen molar-refractivity contribution in [3.8, 4) is 0 Å². The number of aryl methyl sites for hydroxylation is 1. The Morgan fingerprint density at radius 1 is 1.13 bits per heavy atom. The van der Waals surface area contributed by atoms with Gasteiger partial charge >= 0.3 is 6.03 Å². The predicted molar refractivity (Wildman–Crippen MR) is 115 cm³/mol. The Kier molecular flexibility index (Phi) is 6.42. The van der Waals surface area contributed by atoms with Gasteiger partial charge in [0, 0.05) is 26.2 Å². The van der Waals surface area contributed by atoms with Crippen LogP contribution >= 0.6 is 0 Å². The molecule has 2 aromatic carbocycles. The van der Waals surface area contributed by atoms with Gasteiger partial charge in [0.1, 0.15) is 12.6 Å². The van der Waals surface area contributed by atoms with E-state index in [-0.39, 0.29) is 4.90 Å². The molecule has 9 nitrogen and oxygen atoms in total. The number of hydrogen-bond acceptors (Lipinski definition) is 5. The van der Waals surface area contributed by atoms with Crippen LogP contribution in [-0.2, 0) is 26.0 Å². The van der Waals surface area contributed by atoms with E-state index in [1.54, 1.807) is 13.0 Å². The normalized spacial score (nSPS) is 16.5. The molecular formula is C21H24N4O5S. The average molecular weight is 445 g/mol. The highest BCUT2D eigenvalue weighted by atomic mass is 32.2. The van der Waals surface area contributed by atoms with Gasteiger partial charge in [-0.1, -0.05) is 36.4 Å². The minimum atomic E-state index is -3.68. The highest BCUT2D eigenvalue weighted by Crippen LogP contribution is 2.22. The molecule has 4 amide bonds. The number of benzene rings is 2. The lowest BCUT2D eigenvalue weighted by atomic mass is 10.1. The Morgan fingerprint density at radius 3 is 2.45 bits per heavy atom. The van der Waals surface area contributed by atoms with Gasteiger partial charge in [-0.25, -0.2) is 17.5 Å². The molecule has 0 aromatic heterocycles. The lowest BCUT2D eigenvalue weighted by Crippen LogP contribution is -2.38. The number of nitrogens with zero attached hydrogens (tertiary/aromatic N) is 2. The van der Waals surface area contributed by atoms with Crippen LogP contribution in [0.2, 0.25) is 0 Å². The number of amides is 4. The number of carbonyl (C=O) groups is 3. The monoisotopic (exact) mass is 444 g/mol. The molecule has 164 valence electrons. The van der Waals surface area contributed by atoms with Crippen LogP contribution in [0.4, 0.5) is 10.5 Å². The van der Waals surface area contributed by atoms with Crippen molar-refractivity contribution in [1.29, 1.82) is 0 Å². The van der Waals surface area contributed by atoms with Gasteiger partial charge in [0.15, 0.2) is 0 Å². The van der Waals surface area contributed by atoms with Gasteiger partial charge < -0.3 is 10.6 Å². The molecule has 1 heterocycles. The highest BCUT2D eigenvalue weighted by Gasteiger charge is 2.38. The third kappa shape index (κ3) is 4.92. The zero-order valence-corrected chi connectivity index (χ0v) is 18.3. The molecule has 31 heavy (non-hydrogen) atoms. The lowest BCUT2D eigenvalue weighted by molar-refractivity contribution is -0.130. The molecule has 0 saturated carbocycles. The second-order valence-corrected chi connectivity index (χ2v) is 9.58. The van der Waals surface area contributed by atoms with Gasteiger partial charge in [-0.15, -0.1) is 0 Å². The number of sulfonamides is 1. The summed E-state index contributed by atoms with van der Waals surface area (Å²) < 4.78 is 25.8. The van der Waals surface area contributed by atoms with E-state index in [0.717, 1.165) is 14.8 Å². The second-order valence-electron chi connectivity index (χ2n) is 7.43. The van der Waals surface area contributed by atoms with Gasteiger partial charge in [0.05, 0.1) is 4.90 Å². The van der Waals surface area contributed by atoms with Crippen molar-refractivity contribution < 1.29 is 22.8 Å². The zero-order valence-electron chi connectivity index (χ0n) is 17.5. The first kappa shape index (κ1) is 22.4. The van der Waals surface area contributed by atoms with E-state index in [1.807, 2.05) is 30.3 Å². The molecule has 0 radical (unpaired) electrons. The van der Waals surface area contributed by atoms with Gasteiger partial charge in [-0.3, -0.25) is 14.5 Å². The standard InChI is InChI=1S/C21H24N4O5S/c1-14-9-10-16(31(29,30)24(2)3)12-17(14)22-19(26)13-25-20(27)18(23-21(25)28)11-15-7-5-4-6-8-15/h4-10,12,18H,11,13H2,1-3H3,(H,22,26)(H,23,28)/t18-/m0/s1. The van der Waals surface area contributed by atoms with Crippen LogP contribution in [0.25, 0.3) is 0 Å². The van der Waals surface area contributed by atoms with Crippen molar-refractivity contribution in [3.05, 3.63) is 59.7 Å². The molecule has 1 aliphatic rings. The molecule has 1 fully saturated rings. The number of carbonyl (C=O) groups excluding carboxylic acids is 3. The summed E-state index contributed by atoms with van der Waals surface area (Å²) in [4.78, 5) is 38.3. The molecule has 0 aliphatic carbocycles. The molecule has 1 saturated heterocycles. The lowest BCUT2D eigenvalue weighted by Gasteiger charge is -2.16. The van der Waals surface area contributed by atoms with Crippen LogP contribution in [-0.4, -0.2) is 62.2 Å². The summed E-state index contributed by atoms with van der Waals surface area (Å²) in [7, 11) is -0.848. The van der Waals surface area contributed by atoms with Crippen LogP contribution in [0.15, 0.2) is 53.4 Å². The van der Waals surface area contributed by atoms with E-state index in [2.05, 4.69) is 10.6 Å². The van der Waals surface area contributed by atoms with Crippen molar-refractivity contribution in [2.75, 3.05) is 26.0 Å². The Labute approximate surface area is 181 Å². The van der Waals surface area contributed by atoms with Crippen molar-refractivity contribution in [3.63, 3.8) is 0 Å². The third-order valence-corrected chi connectivity index (χ3v) is 6.76. The second kappa shape index (κ2) is 8.86. The van der Waals surface area contributed by atoms with Crippen molar-refractivity contribution in [1.82, 2.24) is 14.5 Å². The molecule has 0 unspecified atom stereocenters. The molecule has 2 aromatic rings. The Morgan fingerprint density at radius 2 is 1.81 bits per heavy atom. The summed E-state index contributed by atoms with van der Waals surface area (Å²) in [5, 5.41) is 5.20. The first-order valence-corrected chi connectivity index (χ1v) is 11.0. The molecule has 1 aliphatic heterocycles. The number of imide groups is 1. The van der Waals surface area contributed by atoms with E-state index in [4.69, 9.17) is 0 Å². The Hall–Kier alpha value is -3.24. The maximum absolute atomic E-state index is 12.6. The molecule has 2 N–H and O–H groups in total. The summed E-state index contributed by atoms with van der Waals surface area (Å²) in [6, 6.07) is 12.3. The number of anilines is 1. The SMILES string of the molecule is Cc1ccc(S(=O)(=O)N(C)C)cc1NC(=O)CN1C(=O)N[C@@H](Cc2ccccc2)C1=O. The van der Waals surface area contributed by atoms with E-state index in [1.165, 1.54) is 26.2 Å². The Bertz CT molecular complexity index is 1120. The van der Waals surface area contributed by atoms with E-state index in [9.17, 15) is 22.8 Å². The van der Waals surface area contributed by atoms with E-state index in [0.29, 0.717) is 17.7 Å². The smallest absolute Gasteiger partial charge is 0.325 e. The zero-order chi connectivity index (χ0) is 22.8. The summed E-state index contributed by atoms with van der Waals surface area (Å²) in [6.07, 6.45) is 0.326. The maximum atomic E-state index is 12.6. The van der Waals surface area contributed by atoms with Gasteiger partial charge in [-0.05, 0) is 30.2 Å². The fraction of sp³-hybridized carbons (Fsp3) is 0.286. The largest absolute Gasteiger partial charge is 0.325 e. The molecule has 0 spiro atoms. The molecular weight excluding hydrogens is 420 g/mol. The minimum Gasteiger partial charge on any atom is -0.325 e. The van der Waals surface area contributed by atoms with Crippen molar-refractivity contribution in [2.45, 2.75) is 24.3 Å². The number of nitrogens with one attached hydrogen (secondary N) is 2. The fourth-order valence-electron chi connectivity index (χ4n) is 3.16. The summed E-state index contributed by atoms with van der Waals surface area (Å²) in [5.74, 6) is -1.09. The number of urea groups is 1. The summed E-state index contributed by atoms with van der Waals surface area (Å²) in [6.45, 7) is 1.24. The quantitative estimate of drug-likeness (QED) is 0.626. The van der Waals surface area contributed by atoms with E-state index >= 15 is 0 Å². The third-order valence-electron chi connectivity index (χ3n) is 4.95. The van der Waals surface area contributed by atoms with Crippen LogP contribution in [0.1, 0.15) is 11.1 Å². The van der Waals surface area contributed by atoms with Gasteiger partial charge in [-0.2, -0.15) is 0 Å². The molecule has 0 bridgehead atoms. The summed E-state index contributed by atoms with van der Waals surface area (Å²) in [5.41, 5.74) is 1.83. The fourth-order valence-corrected chi connectivity index (χ4v) is 4.08. The topological polar surface area (TPSA) is 116 Å². The van der Waals surface area contributed by atoms with Crippen LogP contribution in [0, 0.1) is 6.92 Å². The first-order valence-electron chi connectivity index (χ1n) is 9.58. The number of hydrogen-bond donors (Lipinski definition) is 2. The van der Waals surface area contributed by atoms with Crippen molar-refractivity contribution in [2.24, 2.45) is 0 Å². The highest BCUT2D eigenvalue weighted by molar-refractivity contribution is 7.89. The molecule has 1 atom stereocenters. The van der Waals surface area contributed by atoms with Crippen LogP contribution < -0.4 is 10.6 Å².